The molecule has 0 aliphatic rings. The number of rotatable bonds is 3. The van der Waals surface area contributed by atoms with Crippen molar-refractivity contribution in [1.82, 2.24) is 9.97 Å². The van der Waals surface area contributed by atoms with Crippen LogP contribution in [0.1, 0.15) is 5.56 Å². The molecule has 5 heteroatoms. The summed E-state index contributed by atoms with van der Waals surface area (Å²) >= 11 is 0. The van der Waals surface area contributed by atoms with Gasteiger partial charge in [-0.1, -0.05) is 0 Å². The minimum atomic E-state index is -0.383. The lowest BCUT2D eigenvalue weighted by Gasteiger charge is -2.10. The molecular formula is C15H12FN3O. The van der Waals surface area contributed by atoms with E-state index < -0.39 is 0 Å². The Kier molecular flexibility index (Phi) is 3.16. The minimum absolute atomic E-state index is 0.223. The van der Waals surface area contributed by atoms with Crippen LogP contribution in [0.2, 0.25) is 0 Å². The monoisotopic (exact) mass is 269 g/mol. The van der Waals surface area contributed by atoms with Crippen LogP contribution in [0.15, 0.2) is 48.9 Å². The number of pyridine rings is 2. The van der Waals surface area contributed by atoms with E-state index in [1.807, 2.05) is 12.1 Å². The van der Waals surface area contributed by atoms with E-state index in [0.717, 1.165) is 11.6 Å². The molecule has 0 unspecified atom stereocenters. The van der Waals surface area contributed by atoms with E-state index in [0.29, 0.717) is 22.5 Å². The number of ether oxygens (including phenoxy) is 1. The van der Waals surface area contributed by atoms with Gasteiger partial charge in [0.25, 0.3) is 0 Å². The summed E-state index contributed by atoms with van der Waals surface area (Å²) in [5.41, 5.74) is 7.89. The Morgan fingerprint density at radius 1 is 1.20 bits per heavy atom. The molecule has 4 nitrogen and oxygen atoms in total. The third-order valence-electron chi connectivity index (χ3n) is 2.92. The Balaban J connectivity index is 1.90. The molecule has 2 aromatic heterocycles. The van der Waals surface area contributed by atoms with Gasteiger partial charge in [-0.25, -0.2) is 4.39 Å². The van der Waals surface area contributed by atoms with Gasteiger partial charge >= 0.3 is 0 Å². The zero-order chi connectivity index (χ0) is 13.9. The predicted molar refractivity (Wildman–Crippen MR) is 74.7 cm³/mol. The molecule has 2 heterocycles. The fourth-order valence-electron chi connectivity index (χ4n) is 1.98. The summed E-state index contributed by atoms with van der Waals surface area (Å²) in [6.07, 6.45) is 4.40. The van der Waals surface area contributed by atoms with Gasteiger partial charge in [0.15, 0.2) is 0 Å². The van der Waals surface area contributed by atoms with Crippen molar-refractivity contribution >= 4 is 16.6 Å². The lowest BCUT2D eigenvalue weighted by molar-refractivity contribution is 0.308. The largest absolute Gasteiger partial charge is 0.487 e. The number of benzene rings is 1. The minimum Gasteiger partial charge on any atom is -0.487 e. The second-order valence-electron chi connectivity index (χ2n) is 4.35. The average molecular weight is 269 g/mol. The number of halogens is 1. The van der Waals surface area contributed by atoms with Gasteiger partial charge in [-0.15, -0.1) is 0 Å². The maximum absolute atomic E-state index is 13.1. The summed E-state index contributed by atoms with van der Waals surface area (Å²) in [6, 6.07) is 8.62. The van der Waals surface area contributed by atoms with Crippen molar-refractivity contribution in [3.05, 3.63) is 60.3 Å². The predicted octanol–water partition coefficient (Wildman–Crippen LogP) is 2.93. The van der Waals surface area contributed by atoms with E-state index >= 15 is 0 Å². The first-order valence-electron chi connectivity index (χ1n) is 6.09. The van der Waals surface area contributed by atoms with Crippen molar-refractivity contribution in [2.45, 2.75) is 6.61 Å². The molecule has 0 aliphatic carbocycles. The molecule has 0 spiro atoms. The first-order chi connectivity index (χ1) is 9.74. The zero-order valence-corrected chi connectivity index (χ0v) is 10.6. The molecule has 0 aliphatic heterocycles. The molecule has 0 bridgehead atoms. The molecule has 2 N–H and O–H groups in total. The fourth-order valence-corrected chi connectivity index (χ4v) is 1.98. The SMILES string of the molecule is Nc1ccc(OCc2cncc(F)c2)c2ncccc12. The quantitative estimate of drug-likeness (QED) is 0.743. The molecule has 1 aromatic carbocycles. The van der Waals surface area contributed by atoms with E-state index in [4.69, 9.17) is 10.5 Å². The van der Waals surface area contributed by atoms with Gasteiger partial charge in [0.05, 0.1) is 6.20 Å². The van der Waals surface area contributed by atoms with Crippen LogP contribution in [0.4, 0.5) is 10.1 Å². The molecule has 0 radical (unpaired) electrons. The summed E-state index contributed by atoms with van der Waals surface area (Å²) in [7, 11) is 0. The van der Waals surface area contributed by atoms with E-state index in [1.165, 1.54) is 6.07 Å². The van der Waals surface area contributed by atoms with Gasteiger partial charge in [0.1, 0.15) is 23.7 Å². The summed E-state index contributed by atoms with van der Waals surface area (Å²) in [5, 5.41) is 0.836. The van der Waals surface area contributed by atoms with Gasteiger partial charge in [-0.2, -0.15) is 0 Å². The van der Waals surface area contributed by atoms with E-state index in [9.17, 15) is 4.39 Å². The normalized spacial score (nSPS) is 10.7. The highest BCUT2D eigenvalue weighted by atomic mass is 19.1. The van der Waals surface area contributed by atoms with Crippen LogP contribution in [-0.4, -0.2) is 9.97 Å². The van der Waals surface area contributed by atoms with Crippen molar-refractivity contribution in [3.8, 4) is 5.75 Å². The number of anilines is 1. The third kappa shape index (κ3) is 2.38. The number of hydrogen-bond acceptors (Lipinski definition) is 4. The van der Waals surface area contributed by atoms with Gasteiger partial charge in [0, 0.05) is 29.0 Å². The number of fused-ring (bicyclic) bond motifs is 1. The zero-order valence-electron chi connectivity index (χ0n) is 10.6. The molecule has 0 amide bonds. The van der Waals surface area contributed by atoms with Crippen molar-refractivity contribution in [2.24, 2.45) is 0 Å². The van der Waals surface area contributed by atoms with Crippen molar-refractivity contribution in [3.63, 3.8) is 0 Å². The second-order valence-corrected chi connectivity index (χ2v) is 4.35. The Bertz CT molecular complexity index is 761. The molecule has 3 rings (SSSR count). The number of hydrogen-bond donors (Lipinski definition) is 1. The highest BCUT2D eigenvalue weighted by molar-refractivity contribution is 5.94. The van der Waals surface area contributed by atoms with Gasteiger partial charge in [0.2, 0.25) is 0 Å². The smallest absolute Gasteiger partial charge is 0.146 e. The van der Waals surface area contributed by atoms with Gasteiger partial charge in [-0.3, -0.25) is 9.97 Å². The van der Waals surface area contributed by atoms with Crippen molar-refractivity contribution in [2.75, 3.05) is 5.73 Å². The first kappa shape index (κ1) is 12.3. The molecule has 0 saturated carbocycles. The average Bonchev–Trinajstić information content (AvgIpc) is 2.47. The maximum Gasteiger partial charge on any atom is 0.146 e. The van der Waals surface area contributed by atoms with E-state index in [-0.39, 0.29) is 12.4 Å². The molecule has 100 valence electrons. The van der Waals surface area contributed by atoms with E-state index in [2.05, 4.69) is 9.97 Å². The Morgan fingerprint density at radius 3 is 2.95 bits per heavy atom. The maximum atomic E-state index is 13.1. The summed E-state index contributed by atoms with van der Waals surface area (Å²) < 4.78 is 18.7. The van der Waals surface area contributed by atoms with Crippen LogP contribution in [0, 0.1) is 5.82 Å². The third-order valence-corrected chi connectivity index (χ3v) is 2.92. The van der Waals surface area contributed by atoms with Crippen LogP contribution >= 0.6 is 0 Å². The van der Waals surface area contributed by atoms with Gasteiger partial charge in [-0.05, 0) is 30.3 Å². The molecule has 0 atom stereocenters. The van der Waals surface area contributed by atoms with Crippen LogP contribution in [0.3, 0.4) is 0 Å². The summed E-state index contributed by atoms with van der Waals surface area (Å²) in [5.74, 6) is 0.227. The Hall–Kier alpha value is -2.69. The van der Waals surface area contributed by atoms with Crippen LogP contribution in [0.25, 0.3) is 10.9 Å². The van der Waals surface area contributed by atoms with Crippen LogP contribution in [-0.2, 0) is 6.61 Å². The van der Waals surface area contributed by atoms with Crippen molar-refractivity contribution in [1.29, 1.82) is 0 Å². The number of aromatic nitrogens is 2. The Morgan fingerprint density at radius 2 is 2.10 bits per heavy atom. The highest BCUT2D eigenvalue weighted by Crippen LogP contribution is 2.28. The molecule has 3 aromatic rings. The second kappa shape index (κ2) is 5.13. The van der Waals surface area contributed by atoms with Gasteiger partial charge < -0.3 is 10.5 Å². The van der Waals surface area contributed by atoms with Crippen LogP contribution < -0.4 is 10.5 Å². The first-order valence-corrected chi connectivity index (χ1v) is 6.09. The number of nitrogen functional groups attached to an aromatic ring is 1. The summed E-state index contributed by atoms with van der Waals surface area (Å²) in [6.45, 7) is 0.223. The molecule has 20 heavy (non-hydrogen) atoms. The molecular weight excluding hydrogens is 257 g/mol. The van der Waals surface area contributed by atoms with Crippen molar-refractivity contribution < 1.29 is 9.13 Å². The lowest BCUT2D eigenvalue weighted by atomic mass is 10.1. The molecule has 0 fully saturated rings. The van der Waals surface area contributed by atoms with E-state index in [1.54, 1.807) is 24.5 Å². The van der Waals surface area contributed by atoms with Crippen LogP contribution in [0.5, 0.6) is 5.75 Å². The highest BCUT2D eigenvalue weighted by Gasteiger charge is 2.06. The number of nitrogens with zero attached hydrogens (tertiary/aromatic N) is 2. The summed E-state index contributed by atoms with van der Waals surface area (Å²) in [4.78, 5) is 8.06. The number of nitrogens with two attached hydrogens (primary N) is 1. The Labute approximate surface area is 115 Å². The fraction of sp³-hybridized carbons (Fsp3) is 0.0667. The lowest BCUT2D eigenvalue weighted by Crippen LogP contribution is -1.99. The topological polar surface area (TPSA) is 61.0 Å². The standard InChI is InChI=1S/C15H12FN3O/c16-11-6-10(7-18-8-11)9-20-14-4-3-13(17)12-2-1-5-19-15(12)14/h1-8H,9,17H2. The molecule has 0 saturated heterocycles.